The maximum Gasteiger partial charge on any atom is 3.00 e. The molecule has 1 aromatic carbocycles. The minimum Gasteiger partial charge on any atom is -1.00 e. The van der Waals surface area contributed by atoms with E-state index in [1.165, 1.54) is 266 Å². The van der Waals surface area contributed by atoms with Crippen molar-refractivity contribution < 1.29 is 31.9 Å². The molecule has 0 bridgehead atoms. The Kier molecular flexibility index (Phi) is 22.4. The van der Waals surface area contributed by atoms with Crippen molar-refractivity contribution >= 4 is 22.2 Å². The Morgan fingerprint density at radius 2 is 0.700 bits per heavy atom. The maximum atomic E-state index is 5.27. The van der Waals surface area contributed by atoms with Gasteiger partial charge in [-0.1, -0.05) is 260 Å². The van der Waals surface area contributed by atoms with Crippen LogP contribution >= 0.6 is 0 Å². The predicted octanol–water partition coefficient (Wildman–Crippen LogP) is 17.7. The Bertz CT molecular complexity index is 2050. The van der Waals surface area contributed by atoms with E-state index in [-0.39, 0.29) is 31.9 Å². The minimum atomic E-state index is 0. The molecule has 15 rings (SSSR count). The van der Waals surface area contributed by atoms with Crippen molar-refractivity contribution in [1.29, 1.82) is 0 Å². The quantitative estimate of drug-likeness (QED) is 0.265. The van der Waals surface area contributed by atoms with Crippen molar-refractivity contribution in [2.24, 2.45) is 76.9 Å². The van der Waals surface area contributed by atoms with Gasteiger partial charge in [0, 0.05) is 11.6 Å². The monoisotopic (exact) mass is 1200 g/mol. The smallest absolute Gasteiger partial charge is 1.00 e. The Hall–Kier alpha value is -1.08. The summed E-state index contributed by atoms with van der Waals surface area (Å²) in [7, 11) is 0. The zero-order valence-corrected chi connectivity index (χ0v) is 52.5. The number of aromatic nitrogens is 1. The fraction of sp³-hybridized carbons (Fsp3) is 0.847. The van der Waals surface area contributed by atoms with Crippen LogP contribution in [0, 0.1) is 76.9 Å². The number of benzene rings is 1. The maximum absolute atomic E-state index is 5.27. The molecule has 12 unspecified atom stereocenters. The summed E-state index contributed by atoms with van der Waals surface area (Å²) in [6.07, 6.45) is 59.7. The van der Waals surface area contributed by atoms with E-state index < -0.39 is 0 Å². The number of nitrogens with zero attached hydrogens (tertiary/aromatic N) is 6. The Labute approximate surface area is 507 Å². The molecule has 446 valence electrons. The van der Waals surface area contributed by atoms with E-state index in [2.05, 4.69) is 24.3 Å². The fourth-order valence-electron chi connectivity index (χ4n) is 21.8. The van der Waals surface area contributed by atoms with Crippen molar-refractivity contribution in [3.8, 4) is 0 Å². The average Bonchev–Trinajstić information content (AvgIpc) is 3.73. The molecular formula is C72H109ClN6Rh-3. The van der Waals surface area contributed by atoms with Crippen LogP contribution in [0.2, 0.25) is 0 Å². The summed E-state index contributed by atoms with van der Waals surface area (Å²) in [6, 6.07) is 9.42. The van der Waals surface area contributed by atoms with Gasteiger partial charge < -0.3 is 39.0 Å². The van der Waals surface area contributed by atoms with Gasteiger partial charge >= 0.3 is 19.5 Å². The zero-order valence-electron chi connectivity index (χ0n) is 50.1. The summed E-state index contributed by atoms with van der Waals surface area (Å²) in [5, 5.41) is 27.3. The Balaban J connectivity index is 0.000000125. The van der Waals surface area contributed by atoms with Crippen molar-refractivity contribution in [1.82, 2.24) is 4.98 Å². The number of piperidine rings is 4. The molecule has 0 amide bonds. The SMILES string of the molecule is C1=C(C2CCCCC2)c2ccc3c(C4CCCCC4)ccnc3c2[N-]C1.C1CCC(C2CC[N-]C3C2CCC2C(C4CCCCC4)CC[N-]C23)CC1.C1CCC(C2CC[N-]C3C2CCC2C(C4CCCCC4)CC[N-]C23)CC1.[Cl-].[Rh+3]. The van der Waals surface area contributed by atoms with Gasteiger partial charge in [-0.05, 0) is 108 Å². The van der Waals surface area contributed by atoms with Gasteiger partial charge in [0.1, 0.15) is 0 Å². The minimum absolute atomic E-state index is 0. The van der Waals surface area contributed by atoms with E-state index in [9.17, 15) is 0 Å². The molecule has 4 saturated heterocycles. The number of hydrogen-bond acceptors (Lipinski definition) is 1. The second-order valence-corrected chi connectivity index (χ2v) is 29.2. The van der Waals surface area contributed by atoms with E-state index in [1.807, 2.05) is 6.20 Å². The number of hydrogen-bond donors (Lipinski definition) is 0. The first kappa shape index (κ1) is 60.6. The first-order valence-electron chi connectivity index (χ1n) is 35.2. The van der Waals surface area contributed by atoms with E-state index in [4.69, 9.17) is 31.6 Å². The number of pyridine rings is 1. The van der Waals surface area contributed by atoms with Gasteiger partial charge in [0.15, 0.2) is 0 Å². The third-order valence-electron chi connectivity index (χ3n) is 25.4. The topological polar surface area (TPSA) is 83.4 Å². The van der Waals surface area contributed by atoms with E-state index >= 15 is 0 Å². The number of fused-ring (bicyclic) bond motifs is 9. The second-order valence-electron chi connectivity index (χ2n) is 29.2. The summed E-state index contributed by atoms with van der Waals surface area (Å²) < 4.78 is 0. The summed E-state index contributed by atoms with van der Waals surface area (Å²) in [5.74, 6) is 13.1. The van der Waals surface area contributed by atoms with Crippen molar-refractivity contribution in [2.45, 2.75) is 274 Å². The fourth-order valence-corrected chi connectivity index (χ4v) is 21.8. The molecule has 0 spiro atoms. The van der Waals surface area contributed by atoms with Crippen LogP contribution < -0.4 is 12.4 Å². The first-order chi connectivity index (χ1) is 38.7. The normalized spacial score (nSPS) is 36.8. The molecule has 0 N–H and O–H groups in total. The van der Waals surface area contributed by atoms with Crippen LogP contribution in [-0.4, -0.2) is 61.9 Å². The summed E-state index contributed by atoms with van der Waals surface area (Å²) in [4.78, 5) is 4.81. The molecule has 12 atom stereocenters. The third-order valence-corrected chi connectivity index (χ3v) is 25.4. The molecule has 12 fully saturated rings. The van der Waals surface area contributed by atoms with Crippen LogP contribution in [0.4, 0.5) is 5.69 Å². The zero-order chi connectivity index (χ0) is 52.0. The van der Waals surface area contributed by atoms with Crippen molar-refractivity contribution in [3.05, 3.63) is 68.2 Å². The summed E-state index contributed by atoms with van der Waals surface area (Å²) in [6.45, 7) is 5.42. The van der Waals surface area contributed by atoms with E-state index in [1.54, 1.807) is 5.57 Å². The molecule has 8 saturated carbocycles. The van der Waals surface area contributed by atoms with Crippen molar-refractivity contribution in [2.75, 3.05) is 32.7 Å². The van der Waals surface area contributed by atoms with Gasteiger partial charge in [0.25, 0.3) is 0 Å². The first-order valence-corrected chi connectivity index (χ1v) is 35.2. The Morgan fingerprint density at radius 3 is 1.07 bits per heavy atom. The predicted molar refractivity (Wildman–Crippen MR) is 329 cm³/mol. The molecule has 2 aromatic rings. The molecule has 1 aromatic heterocycles. The van der Waals surface area contributed by atoms with Gasteiger partial charge in [0.2, 0.25) is 0 Å². The van der Waals surface area contributed by atoms with Gasteiger partial charge in [0.05, 0.1) is 5.52 Å². The second kappa shape index (κ2) is 29.5. The largest absolute Gasteiger partial charge is 3.00 e. The van der Waals surface area contributed by atoms with Gasteiger partial charge in [-0.3, -0.25) is 4.98 Å². The molecule has 6 nitrogen and oxygen atoms in total. The van der Waals surface area contributed by atoms with E-state index in [0.717, 1.165) is 115 Å². The van der Waals surface area contributed by atoms with Crippen LogP contribution in [0.15, 0.2) is 30.5 Å². The van der Waals surface area contributed by atoms with Crippen LogP contribution in [0.3, 0.4) is 0 Å². The molecule has 8 heteroatoms. The van der Waals surface area contributed by atoms with Crippen LogP contribution in [-0.2, 0) is 19.5 Å². The molecule has 13 aliphatic rings. The number of rotatable bonds is 6. The van der Waals surface area contributed by atoms with Gasteiger partial charge in [-0.2, -0.15) is 0 Å². The number of halogens is 1. The molecule has 8 aliphatic carbocycles. The number of allylic oxidation sites excluding steroid dienone is 1. The molecule has 0 radical (unpaired) electrons. The molecule has 6 heterocycles. The van der Waals surface area contributed by atoms with Gasteiger partial charge in [-0.15, -0.1) is 62.6 Å². The van der Waals surface area contributed by atoms with Crippen molar-refractivity contribution in [3.63, 3.8) is 0 Å². The van der Waals surface area contributed by atoms with Gasteiger partial charge in [-0.25, -0.2) is 0 Å². The third kappa shape index (κ3) is 13.4. The standard InChI is InChI=1S/2C24H40N2.C24H29N2.ClH.Rh/c3*1-3-7-17(8-4-1)19-13-15-25-23-21(19)11-12-22-20(14-16-26-24(22)23)18-9-5-2-6-10-18;;/h2*17-24H,1-16H2;11-15,17-18H,1-10,16H2;1H;/q2*-2;-1;;+3/p-1. The van der Waals surface area contributed by atoms with Crippen LogP contribution in [0.25, 0.3) is 43.1 Å². The average molecular weight is 1200 g/mol. The van der Waals surface area contributed by atoms with E-state index in [0.29, 0.717) is 30.1 Å². The van der Waals surface area contributed by atoms with Crippen LogP contribution in [0.1, 0.15) is 261 Å². The summed E-state index contributed by atoms with van der Waals surface area (Å²) in [5.41, 5.74) is 6.75. The molecule has 5 aliphatic heterocycles. The Morgan fingerprint density at radius 1 is 0.350 bits per heavy atom. The summed E-state index contributed by atoms with van der Waals surface area (Å²) >= 11 is 0. The molecule has 80 heavy (non-hydrogen) atoms. The van der Waals surface area contributed by atoms with Crippen LogP contribution in [0.5, 0.6) is 0 Å². The molecular weight excluding hydrogens is 1090 g/mol.